The summed E-state index contributed by atoms with van der Waals surface area (Å²) in [5, 5.41) is 5.43. The molecule has 1 saturated carbocycles. The minimum atomic E-state index is -0.454. The van der Waals surface area contributed by atoms with Crippen molar-refractivity contribution in [3.8, 4) is 0 Å². The van der Waals surface area contributed by atoms with Crippen LogP contribution in [-0.2, 0) is 11.3 Å². The van der Waals surface area contributed by atoms with E-state index in [-0.39, 0.29) is 12.1 Å². The molecule has 1 aromatic heterocycles. The molecule has 1 aliphatic rings. The maximum absolute atomic E-state index is 13.1. The molecule has 0 unspecified atom stereocenters. The van der Waals surface area contributed by atoms with Crippen molar-refractivity contribution >= 4 is 40.8 Å². The number of thioether (sulfide) groups is 1. The van der Waals surface area contributed by atoms with Crippen LogP contribution >= 0.6 is 23.1 Å². The van der Waals surface area contributed by atoms with E-state index in [4.69, 9.17) is 4.74 Å². The van der Waals surface area contributed by atoms with Crippen molar-refractivity contribution in [3.63, 3.8) is 0 Å². The summed E-state index contributed by atoms with van der Waals surface area (Å²) in [6.07, 6.45) is 7.48. The number of hydrogen-bond acceptors (Lipinski definition) is 6. The highest BCUT2D eigenvalue weighted by atomic mass is 32.2. The minimum Gasteiger partial charge on any atom is -0.464 e. The molecule has 0 saturated heterocycles. The molecule has 0 radical (unpaired) electrons. The van der Waals surface area contributed by atoms with Crippen LogP contribution in [0.4, 0.5) is 10.5 Å². The minimum absolute atomic E-state index is 0.126. The number of nitrogens with one attached hydrogen (secondary N) is 1. The highest BCUT2D eigenvalue weighted by Crippen LogP contribution is 2.26. The zero-order valence-corrected chi connectivity index (χ0v) is 17.8. The van der Waals surface area contributed by atoms with Crippen LogP contribution in [0.5, 0.6) is 0 Å². The molecule has 0 bridgehead atoms. The fourth-order valence-electron chi connectivity index (χ4n) is 3.36. The molecule has 0 spiro atoms. The molecule has 1 N–H and O–H groups in total. The fourth-order valence-corrected chi connectivity index (χ4v) is 4.53. The molecular formula is C20H25N3O3S2. The first-order chi connectivity index (χ1) is 13.6. The summed E-state index contributed by atoms with van der Waals surface area (Å²) in [5.41, 5.74) is 1.07. The van der Waals surface area contributed by atoms with E-state index in [9.17, 15) is 9.59 Å². The number of carbonyl (C=O) groups excluding carboxylic acids is 2. The van der Waals surface area contributed by atoms with Crippen LogP contribution in [0.1, 0.15) is 47.6 Å². The normalized spacial score (nSPS) is 14.5. The summed E-state index contributed by atoms with van der Waals surface area (Å²) in [4.78, 5) is 32.1. The number of hydrogen-bond donors (Lipinski definition) is 1. The molecule has 0 aliphatic heterocycles. The van der Waals surface area contributed by atoms with Crippen molar-refractivity contribution < 1.29 is 14.3 Å². The molecule has 150 valence electrons. The first-order valence-electron chi connectivity index (χ1n) is 9.35. The van der Waals surface area contributed by atoms with Crippen LogP contribution < -0.4 is 5.32 Å². The number of rotatable bonds is 6. The summed E-state index contributed by atoms with van der Waals surface area (Å²) in [6.45, 7) is 0.390. The van der Waals surface area contributed by atoms with Crippen LogP contribution in [0.3, 0.4) is 0 Å². The number of urea groups is 1. The Morgan fingerprint density at radius 2 is 1.96 bits per heavy atom. The number of nitrogens with zero attached hydrogens (tertiary/aromatic N) is 2. The van der Waals surface area contributed by atoms with Crippen LogP contribution in [0.25, 0.3) is 0 Å². The Bertz CT molecular complexity index is 801. The van der Waals surface area contributed by atoms with Crippen LogP contribution in [0.2, 0.25) is 0 Å². The standard InChI is InChI=1S/C20H25N3O3S2/c1-26-19(24)17-13-28-18(22-17)12-23(15-6-4-3-5-7-15)20(25)21-14-8-10-16(27-2)11-9-14/h8-11,13,15H,3-7,12H2,1-2H3,(H,21,25). The number of thiazole rings is 1. The topological polar surface area (TPSA) is 71.5 Å². The summed E-state index contributed by atoms with van der Waals surface area (Å²) in [5.74, 6) is -0.454. The quantitative estimate of drug-likeness (QED) is 0.526. The average molecular weight is 420 g/mol. The number of aromatic nitrogens is 1. The molecule has 3 rings (SSSR count). The van der Waals surface area contributed by atoms with E-state index in [0.29, 0.717) is 12.2 Å². The number of methoxy groups -OCH3 is 1. The molecule has 1 heterocycles. The number of amides is 2. The van der Waals surface area contributed by atoms with E-state index >= 15 is 0 Å². The third-order valence-electron chi connectivity index (χ3n) is 4.87. The van der Waals surface area contributed by atoms with Gasteiger partial charge in [0.15, 0.2) is 5.69 Å². The van der Waals surface area contributed by atoms with Crippen LogP contribution in [0.15, 0.2) is 34.5 Å². The number of esters is 1. The van der Waals surface area contributed by atoms with Crippen molar-refractivity contribution in [3.05, 3.63) is 40.3 Å². The van der Waals surface area contributed by atoms with E-state index in [1.807, 2.05) is 35.4 Å². The van der Waals surface area contributed by atoms with Crippen molar-refractivity contribution in [2.75, 3.05) is 18.7 Å². The smallest absolute Gasteiger partial charge is 0.357 e. The summed E-state index contributed by atoms with van der Waals surface area (Å²) in [7, 11) is 1.34. The molecule has 2 amide bonds. The van der Waals surface area contributed by atoms with Crippen molar-refractivity contribution in [1.82, 2.24) is 9.88 Å². The molecule has 6 nitrogen and oxygen atoms in total. The zero-order chi connectivity index (χ0) is 19.9. The van der Waals surface area contributed by atoms with Crippen molar-refractivity contribution in [2.24, 2.45) is 0 Å². The molecule has 1 aromatic carbocycles. The van der Waals surface area contributed by atoms with E-state index in [2.05, 4.69) is 10.3 Å². The molecule has 8 heteroatoms. The maximum Gasteiger partial charge on any atom is 0.357 e. The molecular weight excluding hydrogens is 394 g/mol. The largest absolute Gasteiger partial charge is 0.464 e. The molecule has 2 aromatic rings. The fraction of sp³-hybridized carbons (Fsp3) is 0.450. The Kier molecular flexibility index (Phi) is 7.33. The molecule has 1 fully saturated rings. The third kappa shape index (κ3) is 5.26. The molecule has 0 atom stereocenters. The monoisotopic (exact) mass is 419 g/mol. The zero-order valence-electron chi connectivity index (χ0n) is 16.1. The van der Waals surface area contributed by atoms with Gasteiger partial charge in [-0.25, -0.2) is 14.6 Å². The van der Waals surface area contributed by atoms with Gasteiger partial charge in [0.05, 0.1) is 13.7 Å². The van der Waals surface area contributed by atoms with Crippen molar-refractivity contribution in [2.45, 2.75) is 49.6 Å². The maximum atomic E-state index is 13.1. The van der Waals surface area contributed by atoms with Gasteiger partial charge < -0.3 is 15.0 Å². The van der Waals surface area contributed by atoms with E-state index < -0.39 is 5.97 Å². The Morgan fingerprint density at radius 3 is 2.61 bits per heavy atom. The predicted octanol–water partition coefficient (Wildman–Crippen LogP) is 5.02. The second-order valence-corrected chi connectivity index (χ2v) is 8.52. The van der Waals surface area contributed by atoms with Gasteiger partial charge in [0.2, 0.25) is 0 Å². The lowest BCUT2D eigenvalue weighted by molar-refractivity contribution is 0.0594. The summed E-state index contributed by atoms with van der Waals surface area (Å²) < 4.78 is 4.73. The Hall–Kier alpha value is -2.06. The van der Waals surface area contributed by atoms with Gasteiger partial charge in [-0.1, -0.05) is 19.3 Å². The van der Waals surface area contributed by atoms with Gasteiger partial charge in [-0.15, -0.1) is 23.1 Å². The Balaban J connectivity index is 1.74. The van der Waals surface area contributed by atoms with Gasteiger partial charge in [-0.05, 0) is 43.4 Å². The van der Waals surface area contributed by atoms with Gasteiger partial charge >= 0.3 is 12.0 Å². The number of ether oxygens (including phenoxy) is 1. The van der Waals surface area contributed by atoms with E-state index in [1.165, 1.54) is 24.9 Å². The lowest BCUT2D eigenvalue weighted by Crippen LogP contribution is -2.43. The van der Waals surface area contributed by atoms with Gasteiger partial charge in [-0.3, -0.25) is 0 Å². The van der Waals surface area contributed by atoms with E-state index in [0.717, 1.165) is 41.3 Å². The highest BCUT2D eigenvalue weighted by molar-refractivity contribution is 7.98. The van der Waals surface area contributed by atoms with Crippen LogP contribution in [0, 0.1) is 0 Å². The number of carbonyl (C=O) groups is 2. The van der Waals surface area contributed by atoms with Gasteiger partial charge in [0, 0.05) is 22.0 Å². The first kappa shape index (κ1) is 20.7. The summed E-state index contributed by atoms with van der Waals surface area (Å²) >= 11 is 3.04. The second kappa shape index (κ2) is 9.93. The highest BCUT2D eigenvalue weighted by Gasteiger charge is 2.27. The number of anilines is 1. The second-order valence-electron chi connectivity index (χ2n) is 6.70. The predicted molar refractivity (Wildman–Crippen MR) is 113 cm³/mol. The third-order valence-corrected chi connectivity index (χ3v) is 6.45. The summed E-state index contributed by atoms with van der Waals surface area (Å²) in [6, 6.07) is 7.88. The van der Waals surface area contributed by atoms with E-state index in [1.54, 1.807) is 17.1 Å². The van der Waals surface area contributed by atoms with Gasteiger partial charge in [0.25, 0.3) is 0 Å². The van der Waals surface area contributed by atoms with Gasteiger partial charge in [-0.2, -0.15) is 0 Å². The molecule has 1 aliphatic carbocycles. The van der Waals surface area contributed by atoms with Gasteiger partial charge in [0.1, 0.15) is 5.01 Å². The Labute approximate surface area is 173 Å². The Morgan fingerprint density at radius 1 is 1.25 bits per heavy atom. The van der Waals surface area contributed by atoms with Crippen molar-refractivity contribution in [1.29, 1.82) is 0 Å². The SMILES string of the molecule is COC(=O)c1csc(CN(C(=O)Nc2ccc(SC)cc2)C2CCCCC2)n1. The van der Waals surface area contributed by atoms with Crippen LogP contribution in [-0.4, -0.2) is 41.3 Å². The lowest BCUT2D eigenvalue weighted by atomic mass is 9.94. The average Bonchev–Trinajstić information content (AvgIpc) is 3.21. The molecule has 28 heavy (non-hydrogen) atoms. The lowest BCUT2D eigenvalue weighted by Gasteiger charge is -2.33. The number of benzene rings is 1. The first-order valence-corrected chi connectivity index (χ1v) is 11.5.